The summed E-state index contributed by atoms with van der Waals surface area (Å²) >= 11 is 0. The minimum atomic E-state index is -0.408. The van der Waals surface area contributed by atoms with Crippen molar-refractivity contribution < 1.29 is 4.39 Å². The smallest absolute Gasteiger partial charge is 0.128 e. The van der Waals surface area contributed by atoms with Crippen LogP contribution in [0.15, 0.2) is 42.5 Å². The van der Waals surface area contributed by atoms with Crippen molar-refractivity contribution >= 4 is 0 Å². The Kier molecular flexibility index (Phi) is 3.25. The molecular weight excluding hydrogens is 213 g/mol. The Bertz CT molecular complexity index is 514. The van der Waals surface area contributed by atoms with Gasteiger partial charge in [0.25, 0.3) is 0 Å². The van der Waals surface area contributed by atoms with E-state index in [4.69, 9.17) is 5.73 Å². The lowest BCUT2D eigenvalue weighted by molar-refractivity contribution is 0.599. The zero-order chi connectivity index (χ0) is 12.4. The van der Waals surface area contributed by atoms with E-state index in [-0.39, 0.29) is 5.82 Å². The Balaban J connectivity index is 2.43. The molecule has 2 heteroatoms. The number of halogens is 1. The van der Waals surface area contributed by atoms with Gasteiger partial charge in [-0.1, -0.05) is 47.5 Å². The van der Waals surface area contributed by atoms with Gasteiger partial charge in [0.1, 0.15) is 5.82 Å². The molecule has 0 aliphatic rings. The van der Waals surface area contributed by atoms with E-state index >= 15 is 0 Å². The lowest BCUT2D eigenvalue weighted by Gasteiger charge is -2.15. The van der Waals surface area contributed by atoms with E-state index in [2.05, 4.69) is 6.07 Å². The summed E-state index contributed by atoms with van der Waals surface area (Å²) in [5, 5.41) is 0. The van der Waals surface area contributed by atoms with Crippen molar-refractivity contribution in [2.75, 3.05) is 0 Å². The van der Waals surface area contributed by atoms with Gasteiger partial charge in [0.15, 0.2) is 0 Å². The first kappa shape index (κ1) is 11.8. The first-order valence-electron chi connectivity index (χ1n) is 5.66. The molecule has 2 aromatic rings. The standard InChI is InChI=1S/C15H16FN/c1-10-7-11(2)9-12(8-10)15(17)13-5-3-4-6-14(13)16/h3-9,15H,17H2,1-2H3. The molecule has 0 spiro atoms. The average Bonchev–Trinajstić information content (AvgIpc) is 2.27. The number of hydrogen-bond acceptors (Lipinski definition) is 1. The maximum absolute atomic E-state index is 13.6. The van der Waals surface area contributed by atoms with Crippen LogP contribution in [-0.2, 0) is 0 Å². The van der Waals surface area contributed by atoms with Gasteiger partial charge in [0, 0.05) is 5.56 Å². The molecule has 0 aliphatic carbocycles. The zero-order valence-corrected chi connectivity index (χ0v) is 10.1. The molecule has 1 nitrogen and oxygen atoms in total. The predicted octanol–water partition coefficient (Wildman–Crippen LogP) is 3.49. The van der Waals surface area contributed by atoms with Gasteiger partial charge in [-0.25, -0.2) is 4.39 Å². The van der Waals surface area contributed by atoms with Gasteiger partial charge < -0.3 is 5.73 Å². The maximum Gasteiger partial charge on any atom is 0.128 e. The van der Waals surface area contributed by atoms with E-state index in [9.17, 15) is 4.39 Å². The first-order valence-corrected chi connectivity index (χ1v) is 5.66. The summed E-state index contributed by atoms with van der Waals surface area (Å²) in [6.07, 6.45) is 0. The molecule has 1 atom stereocenters. The number of benzene rings is 2. The molecule has 0 aliphatic heterocycles. The largest absolute Gasteiger partial charge is 0.320 e. The highest BCUT2D eigenvalue weighted by atomic mass is 19.1. The minimum Gasteiger partial charge on any atom is -0.320 e. The molecule has 0 amide bonds. The van der Waals surface area contributed by atoms with E-state index in [0.29, 0.717) is 5.56 Å². The van der Waals surface area contributed by atoms with Crippen LogP contribution in [0.5, 0.6) is 0 Å². The van der Waals surface area contributed by atoms with Gasteiger partial charge >= 0.3 is 0 Å². The molecule has 2 rings (SSSR count). The fourth-order valence-corrected chi connectivity index (χ4v) is 2.10. The van der Waals surface area contributed by atoms with Gasteiger partial charge in [-0.2, -0.15) is 0 Å². The molecular formula is C15H16FN. The quantitative estimate of drug-likeness (QED) is 0.838. The Labute approximate surface area is 101 Å². The van der Waals surface area contributed by atoms with Crippen LogP contribution in [0.1, 0.15) is 28.3 Å². The van der Waals surface area contributed by atoms with Gasteiger partial charge in [0.05, 0.1) is 6.04 Å². The highest BCUT2D eigenvalue weighted by Gasteiger charge is 2.13. The Morgan fingerprint density at radius 1 is 1.00 bits per heavy atom. The molecule has 0 saturated carbocycles. The summed E-state index contributed by atoms with van der Waals surface area (Å²) in [7, 11) is 0. The van der Waals surface area contributed by atoms with Crippen LogP contribution in [0, 0.1) is 19.7 Å². The van der Waals surface area contributed by atoms with Crippen molar-refractivity contribution in [2.45, 2.75) is 19.9 Å². The normalized spacial score (nSPS) is 12.5. The number of rotatable bonds is 2. The highest BCUT2D eigenvalue weighted by Crippen LogP contribution is 2.23. The van der Waals surface area contributed by atoms with Crippen LogP contribution in [-0.4, -0.2) is 0 Å². The molecule has 0 fully saturated rings. The monoisotopic (exact) mass is 229 g/mol. The van der Waals surface area contributed by atoms with Gasteiger partial charge in [-0.3, -0.25) is 0 Å². The van der Waals surface area contributed by atoms with Crippen molar-refractivity contribution in [3.63, 3.8) is 0 Å². The topological polar surface area (TPSA) is 26.0 Å². The van der Waals surface area contributed by atoms with Crippen molar-refractivity contribution in [3.05, 3.63) is 70.5 Å². The Morgan fingerprint density at radius 2 is 1.59 bits per heavy atom. The molecule has 0 heterocycles. The number of hydrogen-bond donors (Lipinski definition) is 1. The van der Waals surface area contributed by atoms with Gasteiger partial charge in [0.2, 0.25) is 0 Å². The summed E-state index contributed by atoms with van der Waals surface area (Å²) in [5.74, 6) is -0.251. The van der Waals surface area contributed by atoms with Crippen LogP contribution in [0.3, 0.4) is 0 Å². The molecule has 1 unspecified atom stereocenters. The minimum absolute atomic E-state index is 0.251. The number of aryl methyl sites for hydroxylation is 2. The summed E-state index contributed by atoms with van der Waals surface area (Å²) in [4.78, 5) is 0. The Hall–Kier alpha value is -1.67. The fourth-order valence-electron chi connectivity index (χ4n) is 2.10. The lowest BCUT2D eigenvalue weighted by atomic mass is 9.96. The summed E-state index contributed by atoms with van der Waals surface area (Å²) in [5.41, 5.74) is 9.90. The zero-order valence-electron chi connectivity index (χ0n) is 10.1. The van der Waals surface area contributed by atoms with Crippen LogP contribution < -0.4 is 5.73 Å². The van der Waals surface area contributed by atoms with Crippen molar-refractivity contribution in [1.82, 2.24) is 0 Å². The third-order valence-corrected chi connectivity index (χ3v) is 2.84. The van der Waals surface area contributed by atoms with E-state index < -0.39 is 6.04 Å². The third kappa shape index (κ3) is 2.53. The molecule has 17 heavy (non-hydrogen) atoms. The maximum atomic E-state index is 13.6. The van der Waals surface area contributed by atoms with Crippen molar-refractivity contribution in [1.29, 1.82) is 0 Å². The molecule has 2 N–H and O–H groups in total. The lowest BCUT2D eigenvalue weighted by Crippen LogP contribution is -2.13. The Morgan fingerprint density at radius 3 is 2.18 bits per heavy atom. The van der Waals surface area contributed by atoms with Crippen LogP contribution in [0.4, 0.5) is 4.39 Å². The second kappa shape index (κ2) is 4.68. The second-order valence-electron chi connectivity index (χ2n) is 4.42. The summed E-state index contributed by atoms with van der Waals surface area (Å²) in [6.45, 7) is 4.04. The van der Waals surface area contributed by atoms with E-state index in [0.717, 1.165) is 16.7 Å². The highest BCUT2D eigenvalue weighted by molar-refractivity contribution is 5.36. The second-order valence-corrected chi connectivity index (χ2v) is 4.42. The molecule has 0 saturated heterocycles. The van der Waals surface area contributed by atoms with Gasteiger partial charge in [-0.05, 0) is 25.5 Å². The molecule has 0 radical (unpaired) electrons. The average molecular weight is 229 g/mol. The van der Waals surface area contributed by atoms with Crippen molar-refractivity contribution in [2.24, 2.45) is 5.73 Å². The molecule has 2 aromatic carbocycles. The van der Waals surface area contributed by atoms with E-state index in [1.807, 2.05) is 26.0 Å². The predicted molar refractivity (Wildman–Crippen MR) is 68.3 cm³/mol. The number of nitrogens with two attached hydrogens (primary N) is 1. The molecule has 0 aromatic heterocycles. The molecule has 88 valence electrons. The fraction of sp³-hybridized carbons (Fsp3) is 0.200. The van der Waals surface area contributed by atoms with E-state index in [1.54, 1.807) is 18.2 Å². The van der Waals surface area contributed by atoms with Gasteiger partial charge in [-0.15, -0.1) is 0 Å². The molecule has 0 bridgehead atoms. The summed E-state index contributed by atoms with van der Waals surface area (Å²) < 4.78 is 13.6. The first-order chi connectivity index (χ1) is 8.08. The van der Waals surface area contributed by atoms with Crippen LogP contribution >= 0.6 is 0 Å². The third-order valence-electron chi connectivity index (χ3n) is 2.84. The van der Waals surface area contributed by atoms with Crippen LogP contribution in [0.25, 0.3) is 0 Å². The van der Waals surface area contributed by atoms with E-state index in [1.165, 1.54) is 6.07 Å². The summed E-state index contributed by atoms with van der Waals surface area (Å²) in [6, 6.07) is 12.3. The van der Waals surface area contributed by atoms with Crippen LogP contribution in [0.2, 0.25) is 0 Å². The van der Waals surface area contributed by atoms with Crippen molar-refractivity contribution in [3.8, 4) is 0 Å². The SMILES string of the molecule is Cc1cc(C)cc(C(N)c2ccccc2F)c1.